The average Bonchev–Trinajstić information content (AvgIpc) is 2.94. The van der Waals surface area contributed by atoms with E-state index in [1.165, 1.54) is 12.1 Å². The summed E-state index contributed by atoms with van der Waals surface area (Å²) < 4.78 is 47.2. The highest BCUT2D eigenvalue weighted by molar-refractivity contribution is 9.10. The van der Waals surface area contributed by atoms with Crippen LogP contribution in [0.1, 0.15) is 24.3 Å². The maximum Gasteiger partial charge on any atom is 0.216 e. The van der Waals surface area contributed by atoms with Crippen LogP contribution in [0.25, 0.3) is 11.0 Å². The molecule has 126 valence electrons. The van der Waals surface area contributed by atoms with Crippen molar-refractivity contribution >= 4 is 36.9 Å². The van der Waals surface area contributed by atoms with Gasteiger partial charge in [0.25, 0.3) is 0 Å². The summed E-state index contributed by atoms with van der Waals surface area (Å²) in [6.45, 7) is 1.69. The quantitative estimate of drug-likeness (QED) is 0.671. The smallest absolute Gasteiger partial charge is 0.216 e. The van der Waals surface area contributed by atoms with Crippen molar-refractivity contribution in [2.75, 3.05) is 0 Å². The van der Waals surface area contributed by atoms with Crippen LogP contribution in [-0.2, 0) is 15.8 Å². The summed E-state index contributed by atoms with van der Waals surface area (Å²) in [6, 6.07) is 13.0. The Morgan fingerprint density at radius 1 is 1.21 bits per heavy atom. The van der Waals surface area contributed by atoms with E-state index in [0.29, 0.717) is 15.8 Å². The molecule has 0 radical (unpaired) electrons. The minimum atomic E-state index is -3.72. The Morgan fingerprint density at radius 3 is 2.67 bits per heavy atom. The molecule has 2 aromatic carbocycles. The number of furan rings is 1. The highest BCUT2D eigenvalue weighted by Crippen LogP contribution is 2.24. The molecule has 0 bridgehead atoms. The van der Waals surface area contributed by atoms with Crippen LogP contribution in [0, 0.1) is 5.82 Å². The molecule has 4 nitrogen and oxygen atoms in total. The predicted octanol–water partition coefficient (Wildman–Crippen LogP) is 4.52. The molecular formula is C17H15BrFNO3S. The van der Waals surface area contributed by atoms with E-state index in [9.17, 15) is 12.8 Å². The third-order valence-electron chi connectivity index (χ3n) is 3.59. The molecule has 1 N–H and O–H groups in total. The van der Waals surface area contributed by atoms with Crippen molar-refractivity contribution in [3.05, 3.63) is 70.1 Å². The van der Waals surface area contributed by atoms with E-state index < -0.39 is 27.6 Å². The summed E-state index contributed by atoms with van der Waals surface area (Å²) in [5, 5.41) is 0.900. The molecular weight excluding hydrogens is 397 g/mol. The standard InChI is InChI=1S/C17H15BrFNO3S/c1-11(17-8-12-4-2-3-5-16(12)23-17)20-24(21,22)10-13-6-7-14(18)9-15(13)19/h2-9,11,20H,10H2,1H3. The van der Waals surface area contributed by atoms with E-state index in [1.54, 1.807) is 19.1 Å². The van der Waals surface area contributed by atoms with E-state index in [0.717, 1.165) is 5.39 Å². The van der Waals surface area contributed by atoms with Crippen molar-refractivity contribution in [3.63, 3.8) is 0 Å². The second-order valence-electron chi connectivity index (χ2n) is 5.52. The first kappa shape index (κ1) is 17.1. The molecule has 3 aromatic rings. The van der Waals surface area contributed by atoms with Gasteiger partial charge in [0.1, 0.15) is 17.2 Å². The Labute approximate surface area is 147 Å². The second-order valence-corrected chi connectivity index (χ2v) is 8.19. The Hall–Kier alpha value is -1.70. The van der Waals surface area contributed by atoms with E-state index in [2.05, 4.69) is 20.7 Å². The van der Waals surface area contributed by atoms with Crippen molar-refractivity contribution in [2.24, 2.45) is 0 Å². The Morgan fingerprint density at radius 2 is 1.96 bits per heavy atom. The van der Waals surface area contributed by atoms with Crippen LogP contribution >= 0.6 is 15.9 Å². The van der Waals surface area contributed by atoms with Crippen molar-refractivity contribution in [3.8, 4) is 0 Å². The summed E-state index contributed by atoms with van der Waals surface area (Å²) in [4.78, 5) is 0. The molecule has 1 heterocycles. The fraction of sp³-hybridized carbons (Fsp3) is 0.176. The zero-order valence-electron chi connectivity index (χ0n) is 12.8. The predicted molar refractivity (Wildman–Crippen MR) is 94.5 cm³/mol. The number of rotatable bonds is 5. The number of hydrogen-bond donors (Lipinski definition) is 1. The highest BCUT2D eigenvalue weighted by atomic mass is 79.9. The van der Waals surface area contributed by atoms with Crippen LogP contribution < -0.4 is 4.72 Å². The topological polar surface area (TPSA) is 59.3 Å². The summed E-state index contributed by atoms with van der Waals surface area (Å²) in [5.74, 6) is -0.487. The van der Waals surface area contributed by atoms with Crippen LogP contribution in [0.4, 0.5) is 4.39 Å². The fourth-order valence-corrected chi connectivity index (χ4v) is 4.14. The summed E-state index contributed by atoms with van der Waals surface area (Å²) in [7, 11) is -3.72. The number of fused-ring (bicyclic) bond motifs is 1. The molecule has 1 unspecified atom stereocenters. The fourth-order valence-electron chi connectivity index (χ4n) is 2.43. The van der Waals surface area contributed by atoms with Crippen molar-refractivity contribution < 1.29 is 17.2 Å². The number of para-hydroxylation sites is 1. The van der Waals surface area contributed by atoms with Gasteiger partial charge in [0.15, 0.2) is 0 Å². The SMILES string of the molecule is CC(NS(=O)(=O)Cc1ccc(Br)cc1F)c1cc2ccccc2o1. The van der Waals surface area contributed by atoms with Gasteiger partial charge in [-0.05, 0) is 31.2 Å². The third kappa shape index (κ3) is 3.85. The summed E-state index contributed by atoms with van der Waals surface area (Å²) in [6.07, 6.45) is 0. The molecule has 0 aliphatic heterocycles. The highest BCUT2D eigenvalue weighted by Gasteiger charge is 2.20. The normalized spacial score (nSPS) is 13.3. The lowest BCUT2D eigenvalue weighted by atomic mass is 10.2. The first-order valence-corrected chi connectivity index (χ1v) is 9.71. The monoisotopic (exact) mass is 411 g/mol. The number of hydrogen-bond acceptors (Lipinski definition) is 3. The maximum absolute atomic E-state index is 13.8. The first-order valence-electron chi connectivity index (χ1n) is 7.26. The number of halogens is 2. The van der Waals surface area contributed by atoms with Gasteiger partial charge in [-0.2, -0.15) is 0 Å². The minimum absolute atomic E-state index is 0.113. The van der Waals surface area contributed by atoms with Gasteiger partial charge in [-0.25, -0.2) is 17.5 Å². The Kier molecular flexibility index (Phi) is 4.76. The van der Waals surface area contributed by atoms with E-state index in [4.69, 9.17) is 4.42 Å². The van der Waals surface area contributed by atoms with Gasteiger partial charge < -0.3 is 4.42 Å². The van der Waals surface area contributed by atoms with Crippen LogP contribution in [0.2, 0.25) is 0 Å². The maximum atomic E-state index is 13.8. The van der Waals surface area contributed by atoms with Crippen molar-refractivity contribution in [2.45, 2.75) is 18.7 Å². The van der Waals surface area contributed by atoms with Gasteiger partial charge in [0.2, 0.25) is 10.0 Å². The second kappa shape index (κ2) is 6.66. The summed E-state index contributed by atoms with van der Waals surface area (Å²) >= 11 is 3.15. The van der Waals surface area contributed by atoms with E-state index in [-0.39, 0.29) is 5.56 Å². The molecule has 24 heavy (non-hydrogen) atoms. The van der Waals surface area contributed by atoms with Crippen LogP contribution in [0.15, 0.2) is 57.4 Å². The molecule has 0 saturated heterocycles. The van der Waals surface area contributed by atoms with Crippen molar-refractivity contribution in [1.29, 1.82) is 0 Å². The molecule has 1 aromatic heterocycles. The average molecular weight is 412 g/mol. The zero-order chi connectivity index (χ0) is 17.3. The lowest BCUT2D eigenvalue weighted by Gasteiger charge is -2.12. The zero-order valence-corrected chi connectivity index (χ0v) is 15.2. The first-order chi connectivity index (χ1) is 11.3. The minimum Gasteiger partial charge on any atom is -0.459 e. The lowest BCUT2D eigenvalue weighted by molar-refractivity contribution is 0.484. The molecule has 0 aliphatic rings. The number of sulfonamides is 1. The van der Waals surface area contributed by atoms with E-state index >= 15 is 0 Å². The molecule has 0 saturated carbocycles. The Bertz CT molecular complexity index is 951. The number of benzene rings is 2. The van der Waals surface area contributed by atoms with Gasteiger partial charge in [-0.3, -0.25) is 0 Å². The van der Waals surface area contributed by atoms with Crippen LogP contribution in [0.3, 0.4) is 0 Å². The number of nitrogens with one attached hydrogen (secondary N) is 1. The largest absolute Gasteiger partial charge is 0.459 e. The molecule has 0 aliphatic carbocycles. The summed E-state index contributed by atoms with van der Waals surface area (Å²) in [5.41, 5.74) is 0.806. The molecule has 0 amide bonds. The molecule has 3 rings (SSSR count). The van der Waals surface area contributed by atoms with Crippen LogP contribution in [-0.4, -0.2) is 8.42 Å². The van der Waals surface area contributed by atoms with Crippen LogP contribution in [0.5, 0.6) is 0 Å². The van der Waals surface area contributed by atoms with Gasteiger partial charge in [0.05, 0.1) is 11.8 Å². The van der Waals surface area contributed by atoms with Gasteiger partial charge >= 0.3 is 0 Å². The van der Waals surface area contributed by atoms with Gasteiger partial charge in [-0.15, -0.1) is 0 Å². The third-order valence-corrected chi connectivity index (χ3v) is 5.49. The Balaban J connectivity index is 1.78. The van der Waals surface area contributed by atoms with Gasteiger partial charge in [0, 0.05) is 15.4 Å². The lowest BCUT2D eigenvalue weighted by Crippen LogP contribution is -2.28. The molecule has 1 atom stereocenters. The molecule has 7 heteroatoms. The van der Waals surface area contributed by atoms with E-state index in [1.807, 2.05) is 24.3 Å². The molecule has 0 spiro atoms. The van der Waals surface area contributed by atoms with Crippen molar-refractivity contribution in [1.82, 2.24) is 4.72 Å². The van der Waals surface area contributed by atoms with Gasteiger partial charge in [-0.1, -0.05) is 40.2 Å². The molecule has 0 fully saturated rings.